The molecule has 0 saturated carbocycles. The zero-order valence-corrected chi connectivity index (χ0v) is 26.6. The molecule has 0 saturated heterocycles. The van der Waals surface area contributed by atoms with E-state index in [0.717, 1.165) is 16.1 Å². The van der Waals surface area contributed by atoms with Crippen LogP contribution < -0.4 is 30.3 Å². The smallest absolute Gasteiger partial charge is 0.272 e. The summed E-state index contributed by atoms with van der Waals surface area (Å²) >= 11 is 1.38. The van der Waals surface area contributed by atoms with Gasteiger partial charge in [0.25, 0.3) is 11.8 Å². The van der Waals surface area contributed by atoms with Crippen molar-refractivity contribution in [3.05, 3.63) is 114 Å². The van der Waals surface area contributed by atoms with Crippen LogP contribution in [0.3, 0.4) is 0 Å². The number of rotatable bonds is 12. The third-order valence-corrected chi connectivity index (χ3v) is 7.77. The Morgan fingerprint density at radius 1 is 0.778 bits per heavy atom. The average molecular weight is 625 g/mol. The van der Waals surface area contributed by atoms with E-state index in [4.69, 9.17) is 9.47 Å². The zero-order valence-electron chi connectivity index (χ0n) is 25.8. The van der Waals surface area contributed by atoms with Crippen molar-refractivity contribution in [2.75, 3.05) is 43.8 Å². The molecule has 4 rings (SSSR count). The Morgan fingerprint density at radius 2 is 1.40 bits per heavy atom. The number of thioether (sulfide) groups is 1. The highest BCUT2D eigenvalue weighted by molar-refractivity contribution is 8.00. The van der Waals surface area contributed by atoms with Gasteiger partial charge in [-0.1, -0.05) is 30.3 Å². The van der Waals surface area contributed by atoms with Crippen molar-refractivity contribution in [1.29, 1.82) is 0 Å². The maximum absolute atomic E-state index is 13.4. The monoisotopic (exact) mass is 624 g/mol. The van der Waals surface area contributed by atoms with Crippen molar-refractivity contribution in [2.45, 2.75) is 17.1 Å². The SMILES string of the molecule is COc1cc(NC(=O)C(C)Sc2ccc(NC(=O)/C(=C/c3ccc(N(C)C)cc3)NC(=O)c3ccccc3)cc2)cc(OC)c1. The first-order valence-corrected chi connectivity index (χ1v) is 15.0. The molecule has 4 aromatic rings. The van der Waals surface area contributed by atoms with E-state index < -0.39 is 17.1 Å². The van der Waals surface area contributed by atoms with Crippen LogP contribution in [0.15, 0.2) is 108 Å². The fourth-order valence-corrected chi connectivity index (χ4v) is 5.04. The molecule has 45 heavy (non-hydrogen) atoms. The molecule has 1 atom stereocenters. The van der Waals surface area contributed by atoms with E-state index in [2.05, 4.69) is 16.0 Å². The first-order valence-electron chi connectivity index (χ1n) is 14.1. The van der Waals surface area contributed by atoms with Gasteiger partial charge in [-0.05, 0) is 67.1 Å². The van der Waals surface area contributed by atoms with E-state index >= 15 is 0 Å². The summed E-state index contributed by atoms with van der Waals surface area (Å²) in [5, 5.41) is 8.11. The summed E-state index contributed by atoms with van der Waals surface area (Å²) in [5.41, 5.74) is 3.40. The van der Waals surface area contributed by atoms with Crippen LogP contribution in [0.1, 0.15) is 22.8 Å². The minimum atomic E-state index is -0.474. The number of hydrogen-bond acceptors (Lipinski definition) is 7. The van der Waals surface area contributed by atoms with Crippen LogP contribution in [0.2, 0.25) is 0 Å². The Morgan fingerprint density at radius 3 is 1.98 bits per heavy atom. The minimum Gasteiger partial charge on any atom is -0.497 e. The zero-order chi connectivity index (χ0) is 32.3. The topological polar surface area (TPSA) is 109 Å². The van der Waals surface area contributed by atoms with Gasteiger partial charge in [-0.25, -0.2) is 0 Å². The Hall–Kier alpha value is -5.22. The molecule has 0 aliphatic heterocycles. The molecule has 9 nitrogen and oxygen atoms in total. The molecule has 0 bridgehead atoms. The lowest BCUT2D eigenvalue weighted by atomic mass is 10.1. The molecule has 0 aromatic heterocycles. The predicted molar refractivity (Wildman–Crippen MR) is 181 cm³/mol. The molecule has 0 heterocycles. The van der Waals surface area contributed by atoms with E-state index in [1.165, 1.54) is 11.8 Å². The molecule has 0 aliphatic rings. The Labute approximate surface area is 267 Å². The average Bonchev–Trinajstić information content (AvgIpc) is 3.05. The molecule has 3 amide bonds. The number of benzene rings is 4. The number of hydrogen-bond donors (Lipinski definition) is 3. The Bertz CT molecular complexity index is 1630. The number of carbonyl (C=O) groups is 3. The molecular formula is C35H36N4O5S. The van der Waals surface area contributed by atoms with Crippen LogP contribution in [0.4, 0.5) is 17.1 Å². The number of amides is 3. The Kier molecular flexibility index (Phi) is 11.3. The van der Waals surface area contributed by atoms with E-state index in [1.54, 1.807) is 74.9 Å². The lowest BCUT2D eigenvalue weighted by molar-refractivity contribution is -0.115. The summed E-state index contributed by atoms with van der Waals surface area (Å²) < 4.78 is 10.6. The highest BCUT2D eigenvalue weighted by Crippen LogP contribution is 2.29. The van der Waals surface area contributed by atoms with Crippen LogP contribution in [-0.2, 0) is 9.59 Å². The molecule has 232 valence electrons. The summed E-state index contributed by atoms with van der Waals surface area (Å²) in [6, 6.07) is 28.7. The fourth-order valence-electron chi connectivity index (χ4n) is 4.17. The van der Waals surface area contributed by atoms with E-state index in [0.29, 0.717) is 28.4 Å². The van der Waals surface area contributed by atoms with Gasteiger partial charge < -0.3 is 30.3 Å². The quantitative estimate of drug-likeness (QED) is 0.125. The number of nitrogens with zero attached hydrogens (tertiary/aromatic N) is 1. The number of carbonyl (C=O) groups excluding carboxylic acids is 3. The summed E-state index contributed by atoms with van der Waals surface area (Å²) in [6.07, 6.45) is 1.64. The van der Waals surface area contributed by atoms with Crippen molar-refractivity contribution < 1.29 is 23.9 Å². The van der Waals surface area contributed by atoms with E-state index in [-0.39, 0.29) is 11.6 Å². The van der Waals surface area contributed by atoms with Crippen LogP contribution in [-0.4, -0.2) is 51.3 Å². The molecule has 0 fully saturated rings. The highest BCUT2D eigenvalue weighted by atomic mass is 32.2. The van der Waals surface area contributed by atoms with Gasteiger partial charge in [-0.2, -0.15) is 0 Å². The van der Waals surface area contributed by atoms with E-state index in [1.807, 2.05) is 68.4 Å². The second-order valence-electron chi connectivity index (χ2n) is 10.2. The number of ether oxygens (including phenoxy) is 2. The van der Waals surface area contributed by atoms with Crippen LogP contribution in [0.25, 0.3) is 6.08 Å². The highest BCUT2D eigenvalue weighted by Gasteiger charge is 2.17. The lowest BCUT2D eigenvalue weighted by Crippen LogP contribution is -2.30. The normalized spacial score (nSPS) is 11.6. The van der Waals surface area contributed by atoms with Crippen molar-refractivity contribution in [3.8, 4) is 11.5 Å². The lowest BCUT2D eigenvalue weighted by Gasteiger charge is -2.15. The van der Waals surface area contributed by atoms with Gasteiger partial charge in [-0.15, -0.1) is 11.8 Å². The third kappa shape index (κ3) is 9.38. The molecule has 0 spiro atoms. The number of anilines is 3. The summed E-state index contributed by atoms with van der Waals surface area (Å²) in [5.74, 6) is 0.0892. The second kappa shape index (κ2) is 15.5. The maximum Gasteiger partial charge on any atom is 0.272 e. The van der Waals surface area contributed by atoms with Gasteiger partial charge in [0.1, 0.15) is 17.2 Å². The van der Waals surface area contributed by atoms with E-state index in [9.17, 15) is 14.4 Å². The van der Waals surface area contributed by atoms with Crippen molar-refractivity contribution in [1.82, 2.24) is 5.32 Å². The summed E-state index contributed by atoms with van der Waals surface area (Å²) in [4.78, 5) is 42.0. The van der Waals surface area contributed by atoms with Gasteiger partial charge in [0, 0.05) is 59.8 Å². The first kappa shape index (κ1) is 32.7. The molecule has 1 unspecified atom stereocenters. The largest absolute Gasteiger partial charge is 0.497 e. The third-order valence-electron chi connectivity index (χ3n) is 6.66. The molecule has 0 aliphatic carbocycles. The first-order chi connectivity index (χ1) is 21.6. The van der Waals surface area contributed by atoms with Gasteiger partial charge in [0.05, 0.1) is 19.5 Å². The van der Waals surface area contributed by atoms with Gasteiger partial charge in [-0.3, -0.25) is 14.4 Å². The molecule has 4 aromatic carbocycles. The predicted octanol–water partition coefficient (Wildman–Crippen LogP) is 6.30. The standard InChI is InChI=1S/C35H36N4O5S/c1-23(33(40)37-27-20-29(43-4)22-30(21-27)44-5)45-31-17-13-26(14-18-31)36-35(42)32(38-34(41)25-9-7-6-8-10-25)19-24-11-15-28(16-12-24)39(2)3/h6-23H,1-5H3,(H,36,42)(H,37,40)(H,38,41)/b32-19-. The second-order valence-corrected chi connectivity index (χ2v) is 11.6. The van der Waals surface area contributed by atoms with Crippen LogP contribution >= 0.6 is 11.8 Å². The molecular weight excluding hydrogens is 588 g/mol. The van der Waals surface area contributed by atoms with Gasteiger partial charge in [0.15, 0.2) is 0 Å². The number of methoxy groups -OCH3 is 2. The molecule has 3 N–H and O–H groups in total. The molecule has 10 heteroatoms. The van der Waals surface area contributed by atoms with Crippen LogP contribution in [0.5, 0.6) is 11.5 Å². The van der Waals surface area contributed by atoms with Crippen molar-refractivity contribution >= 4 is 52.6 Å². The fraction of sp³-hybridized carbons (Fsp3) is 0.171. The Balaban J connectivity index is 1.44. The molecule has 0 radical (unpaired) electrons. The van der Waals surface area contributed by atoms with Crippen molar-refractivity contribution in [3.63, 3.8) is 0 Å². The maximum atomic E-state index is 13.4. The summed E-state index contributed by atoms with van der Waals surface area (Å²) in [6.45, 7) is 1.81. The number of nitrogens with one attached hydrogen (secondary N) is 3. The van der Waals surface area contributed by atoms with Crippen molar-refractivity contribution in [2.24, 2.45) is 0 Å². The summed E-state index contributed by atoms with van der Waals surface area (Å²) in [7, 11) is 6.99. The van der Waals surface area contributed by atoms with Gasteiger partial charge >= 0.3 is 0 Å². The van der Waals surface area contributed by atoms with Crippen LogP contribution in [0, 0.1) is 0 Å². The van der Waals surface area contributed by atoms with Gasteiger partial charge in [0.2, 0.25) is 5.91 Å². The minimum absolute atomic E-state index is 0.0966.